The first-order valence-electron chi connectivity index (χ1n) is 9.82. The van der Waals surface area contributed by atoms with Gasteiger partial charge in [-0.3, -0.25) is 20.4 Å². The molecule has 0 bridgehead atoms. The van der Waals surface area contributed by atoms with Crippen molar-refractivity contribution >= 4 is 41.9 Å². The standard InChI is InChI=1S/C22H21FN4O4S2/c23-16-8-6-15(7-9-16)21-25-17(13-33-21)10-18(32)20(29)27-26-19(28)11-24-22(30)31-12-14-4-2-1-3-5-14/h1-9,13,18,32H,10-12H2,(H,24,30)(H,26,28)(H,27,29). The van der Waals surface area contributed by atoms with Crippen LogP contribution in [0.25, 0.3) is 10.6 Å². The maximum absolute atomic E-state index is 13.1. The lowest BCUT2D eigenvalue weighted by Crippen LogP contribution is -2.49. The molecule has 0 fully saturated rings. The molecule has 0 radical (unpaired) electrons. The third kappa shape index (κ3) is 7.88. The van der Waals surface area contributed by atoms with E-state index in [2.05, 4.69) is 33.8 Å². The van der Waals surface area contributed by atoms with Crippen LogP contribution in [0.3, 0.4) is 0 Å². The summed E-state index contributed by atoms with van der Waals surface area (Å²) in [5, 5.41) is 4.01. The van der Waals surface area contributed by atoms with Gasteiger partial charge in [0.2, 0.25) is 0 Å². The topological polar surface area (TPSA) is 109 Å². The van der Waals surface area contributed by atoms with E-state index < -0.39 is 23.2 Å². The summed E-state index contributed by atoms with van der Waals surface area (Å²) in [5.41, 5.74) is 6.69. The quantitative estimate of drug-likeness (QED) is 0.288. The van der Waals surface area contributed by atoms with Gasteiger partial charge in [0.15, 0.2) is 0 Å². The van der Waals surface area contributed by atoms with E-state index in [0.717, 1.165) is 11.1 Å². The first-order valence-corrected chi connectivity index (χ1v) is 11.2. The zero-order valence-electron chi connectivity index (χ0n) is 17.3. The molecule has 0 aliphatic carbocycles. The number of benzene rings is 2. The van der Waals surface area contributed by atoms with Crippen molar-refractivity contribution in [1.29, 1.82) is 0 Å². The molecule has 1 unspecified atom stereocenters. The van der Waals surface area contributed by atoms with Gasteiger partial charge in [0.1, 0.15) is 24.0 Å². The summed E-state index contributed by atoms with van der Waals surface area (Å²) < 4.78 is 18.1. The van der Waals surface area contributed by atoms with E-state index in [4.69, 9.17) is 4.74 Å². The fourth-order valence-corrected chi connectivity index (χ4v) is 3.69. The van der Waals surface area contributed by atoms with Crippen molar-refractivity contribution in [3.05, 3.63) is 77.1 Å². The minimum Gasteiger partial charge on any atom is -0.445 e. The molecular formula is C22H21FN4O4S2. The summed E-state index contributed by atoms with van der Waals surface area (Å²) in [6.07, 6.45) is -0.528. The summed E-state index contributed by atoms with van der Waals surface area (Å²) in [7, 11) is 0. The second-order valence-electron chi connectivity index (χ2n) is 6.82. The van der Waals surface area contributed by atoms with Crippen LogP contribution < -0.4 is 16.2 Å². The molecule has 33 heavy (non-hydrogen) atoms. The lowest BCUT2D eigenvalue weighted by molar-refractivity contribution is -0.128. The molecule has 0 saturated heterocycles. The molecule has 1 aromatic heterocycles. The van der Waals surface area contributed by atoms with Gasteiger partial charge in [-0.25, -0.2) is 14.2 Å². The molecule has 2 aromatic carbocycles. The number of carbonyl (C=O) groups is 3. The van der Waals surface area contributed by atoms with Crippen LogP contribution in [0.4, 0.5) is 9.18 Å². The molecule has 3 aromatic rings. The molecule has 1 atom stereocenters. The Morgan fingerprint density at radius 2 is 1.79 bits per heavy atom. The minimum absolute atomic E-state index is 0.0753. The second kappa shape index (κ2) is 12.0. The molecule has 8 nitrogen and oxygen atoms in total. The molecule has 3 rings (SSSR count). The lowest BCUT2D eigenvalue weighted by Gasteiger charge is -2.12. The first kappa shape index (κ1) is 24.2. The summed E-state index contributed by atoms with van der Waals surface area (Å²) in [4.78, 5) is 40.1. The molecular weight excluding hydrogens is 467 g/mol. The maximum atomic E-state index is 13.1. The summed E-state index contributed by atoms with van der Waals surface area (Å²) in [6, 6.07) is 15.1. The van der Waals surface area contributed by atoms with Gasteiger partial charge in [-0.15, -0.1) is 11.3 Å². The van der Waals surface area contributed by atoms with Crippen molar-refractivity contribution in [2.24, 2.45) is 0 Å². The highest BCUT2D eigenvalue weighted by molar-refractivity contribution is 7.81. The van der Waals surface area contributed by atoms with E-state index in [1.54, 1.807) is 29.6 Å². The minimum atomic E-state index is -0.766. The molecule has 1 heterocycles. The smallest absolute Gasteiger partial charge is 0.407 e. The Labute approximate surface area is 198 Å². The average molecular weight is 489 g/mol. The number of ether oxygens (including phenoxy) is 1. The Morgan fingerprint density at radius 1 is 1.06 bits per heavy atom. The van der Waals surface area contributed by atoms with Crippen LogP contribution in [0.2, 0.25) is 0 Å². The van der Waals surface area contributed by atoms with E-state index in [1.807, 2.05) is 18.2 Å². The van der Waals surface area contributed by atoms with E-state index in [1.165, 1.54) is 23.5 Å². The number of thiol groups is 1. The summed E-state index contributed by atoms with van der Waals surface area (Å²) in [5.74, 6) is -1.49. The van der Waals surface area contributed by atoms with Gasteiger partial charge in [0.25, 0.3) is 11.8 Å². The summed E-state index contributed by atoms with van der Waals surface area (Å²) >= 11 is 5.63. The predicted octanol–water partition coefficient (Wildman–Crippen LogP) is 2.86. The molecule has 172 valence electrons. The number of hydrazine groups is 1. The number of hydrogen-bond donors (Lipinski definition) is 4. The largest absolute Gasteiger partial charge is 0.445 e. The number of halogens is 1. The van der Waals surface area contributed by atoms with Crippen molar-refractivity contribution in [2.75, 3.05) is 6.54 Å². The Morgan fingerprint density at radius 3 is 2.52 bits per heavy atom. The van der Waals surface area contributed by atoms with Gasteiger partial charge >= 0.3 is 6.09 Å². The van der Waals surface area contributed by atoms with Crippen LogP contribution in [0.15, 0.2) is 60.0 Å². The van der Waals surface area contributed by atoms with Crippen LogP contribution in [0, 0.1) is 5.82 Å². The predicted molar refractivity (Wildman–Crippen MR) is 125 cm³/mol. The van der Waals surface area contributed by atoms with Gasteiger partial charge in [0, 0.05) is 17.4 Å². The van der Waals surface area contributed by atoms with Crippen molar-refractivity contribution in [2.45, 2.75) is 18.3 Å². The number of aromatic nitrogens is 1. The van der Waals surface area contributed by atoms with E-state index in [9.17, 15) is 18.8 Å². The molecule has 0 aliphatic heterocycles. The highest BCUT2D eigenvalue weighted by Crippen LogP contribution is 2.24. The van der Waals surface area contributed by atoms with E-state index in [-0.39, 0.29) is 25.4 Å². The SMILES string of the molecule is O=C(CNC(=O)OCc1ccccc1)NNC(=O)C(S)Cc1csc(-c2ccc(F)cc2)n1. The molecule has 11 heteroatoms. The third-order valence-electron chi connectivity index (χ3n) is 4.28. The Hall–Kier alpha value is -3.44. The van der Waals surface area contributed by atoms with Crippen molar-refractivity contribution in [1.82, 2.24) is 21.2 Å². The van der Waals surface area contributed by atoms with E-state index in [0.29, 0.717) is 10.7 Å². The van der Waals surface area contributed by atoms with E-state index >= 15 is 0 Å². The van der Waals surface area contributed by atoms with Gasteiger partial charge < -0.3 is 10.1 Å². The van der Waals surface area contributed by atoms with Crippen LogP contribution in [-0.4, -0.2) is 34.7 Å². The van der Waals surface area contributed by atoms with Gasteiger partial charge in [-0.1, -0.05) is 30.3 Å². The fourth-order valence-electron chi connectivity index (χ4n) is 2.60. The molecule has 3 N–H and O–H groups in total. The number of nitrogens with zero attached hydrogens (tertiary/aromatic N) is 1. The van der Waals surface area contributed by atoms with Crippen LogP contribution >= 0.6 is 24.0 Å². The third-order valence-corrected chi connectivity index (χ3v) is 5.64. The van der Waals surface area contributed by atoms with Crippen molar-refractivity contribution in [3.8, 4) is 10.6 Å². The first-order chi connectivity index (χ1) is 15.9. The maximum Gasteiger partial charge on any atom is 0.407 e. The number of carbonyl (C=O) groups excluding carboxylic acids is 3. The highest BCUT2D eigenvalue weighted by Gasteiger charge is 2.17. The Kier molecular flexibility index (Phi) is 8.79. The number of amides is 3. The van der Waals surface area contributed by atoms with Gasteiger partial charge in [0.05, 0.1) is 10.9 Å². The molecule has 3 amide bonds. The number of alkyl carbamates (subject to hydrolysis) is 1. The Balaban J connectivity index is 1.36. The fraction of sp³-hybridized carbons (Fsp3) is 0.182. The summed E-state index contributed by atoms with van der Waals surface area (Å²) in [6.45, 7) is -0.301. The zero-order chi connectivity index (χ0) is 23.6. The molecule has 0 aliphatic rings. The highest BCUT2D eigenvalue weighted by atomic mass is 32.1. The number of hydrogen-bond acceptors (Lipinski definition) is 7. The van der Waals surface area contributed by atoms with Crippen LogP contribution in [-0.2, 0) is 27.4 Å². The van der Waals surface area contributed by atoms with Crippen LogP contribution in [0.1, 0.15) is 11.3 Å². The number of nitrogens with one attached hydrogen (secondary N) is 3. The van der Waals surface area contributed by atoms with Crippen molar-refractivity contribution < 1.29 is 23.5 Å². The Bertz CT molecular complexity index is 1090. The van der Waals surface area contributed by atoms with Crippen molar-refractivity contribution in [3.63, 3.8) is 0 Å². The number of rotatable bonds is 8. The zero-order valence-corrected chi connectivity index (χ0v) is 19.0. The molecule has 0 spiro atoms. The van der Waals surface area contributed by atoms with Gasteiger partial charge in [-0.2, -0.15) is 12.6 Å². The van der Waals surface area contributed by atoms with Gasteiger partial charge in [-0.05, 0) is 29.8 Å². The second-order valence-corrected chi connectivity index (χ2v) is 8.30. The lowest BCUT2D eigenvalue weighted by atomic mass is 10.2. The average Bonchev–Trinajstić information content (AvgIpc) is 3.29. The monoisotopic (exact) mass is 488 g/mol. The van der Waals surface area contributed by atoms with Crippen LogP contribution in [0.5, 0.6) is 0 Å². The number of thiazole rings is 1. The molecule has 0 saturated carbocycles. The normalized spacial score (nSPS) is 11.3.